The van der Waals surface area contributed by atoms with Gasteiger partial charge in [0.15, 0.2) is 0 Å². The molecule has 1 amide bonds. The van der Waals surface area contributed by atoms with Crippen LogP contribution < -0.4 is 14.8 Å². The van der Waals surface area contributed by atoms with Gasteiger partial charge in [0.05, 0.1) is 23.4 Å². The van der Waals surface area contributed by atoms with Gasteiger partial charge in [0.25, 0.3) is 0 Å². The number of pyridine rings is 1. The van der Waals surface area contributed by atoms with Gasteiger partial charge in [0.2, 0.25) is 0 Å². The van der Waals surface area contributed by atoms with Crippen LogP contribution in [0.25, 0.3) is 0 Å². The molecule has 1 heterocycles. The van der Waals surface area contributed by atoms with Crippen LogP contribution in [-0.4, -0.2) is 36.7 Å². The van der Waals surface area contributed by atoms with E-state index in [0.717, 1.165) is 12.1 Å². The number of benzene rings is 3. The van der Waals surface area contributed by atoms with Crippen LogP contribution >= 0.6 is 11.6 Å². The monoisotopic (exact) mass is 602 g/mol. The quantitative estimate of drug-likeness (QED) is 0.155. The second kappa shape index (κ2) is 12.9. The highest BCUT2D eigenvalue weighted by Gasteiger charge is 2.45. The van der Waals surface area contributed by atoms with Crippen LogP contribution in [0.2, 0.25) is 5.02 Å². The Kier molecular flexibility index (Phi) is 9.31. The minimum Gasteiger partial charge on any atom is -0.465 e. The van der Waals surface area contributed by atoms with Gasteiger partial charge in [0.1, 0.15) is 17.0 Å². The number of ether oxygens (including phenoxy) is 3. The molecule has 4 rings (SSSR count). The third kappa shape index (κ3) is 7.16. The van der Waals surface area contributed by atoms with E-state index < -0.39 is 35.9 Å². The Morgan fingerprint density at radius 3 is 2.26 bits per heavy atom. The number of esters is 1. The molecule has 4 aromatic rings. The number of hydrogen-bond donors (Lipinski definition) is 1. The molecule has 0 spiro atoms. The van der Waals surface area contributed by atoms with E-state index in [4.69, 9.17) is 16.3 Å². The van der Waals surface area contributed by atoms with Gasteiger partial charge in [-0.1, -0.05) is 54.1 Å². The van der Waals surface area contributed by atoms with E-state index in [1.165, 1.54) is 61.8 Å². The van der Waals surface area contributed by atoms with E-state index in [0.29, 0.717) is 5.56 Å². The van der Waals surface area contributed by atoms with Gasteiger partial charge in [0, 0.05) is 12.6 Å². The largest absolute Gasteiger partial charge is 0.465 e. The summed E-state index contributed by atoms with van der Waals surface area (Å²) in [5.74, 6) is -1.08. The van der Waals surface area contributed by atoms with Crippen molar-refractivity contribution in [3.8, 4) is 11.5 Å². The topological polar surface area (TPSA) is 86.8 Å². The predicted molar refractivity (Wildman–Crippen MR) is 145 cm³/mol. The molecule has 1 N–H and O–H groups in total. The summed E-state index contributed by atoms with van der Waals surface area (Å²) < 4.78 is 67.9. The lowest BCUT2D eigenvalue weighted by atomic mass is 9.80. The Morgan fingerprint density at radius 2 is 1.64 bits per heavy atom. The molecule has 1 atom stereocenters. The van der Waals surface area contributed by atoms with E-state index in [1.807, 2.05) is 0 Å². The predicted octanol–water partition coefficient (Wildman–Crippen LogP) is 7.03. The number of aromatic nitrogens is 1. The van der Waals surface area contributed by atoms with Gasteiger partial charge in [-0.3, -0.25) is 4.98 Å². The molecule has 0 radical (unpaired) electrons. The maximum Gasteiger partial charge on any atom is 0.461 e. The number of hydrogen-bond acceptors (Lipinski definition) is 6. The van der Waals surface area contributed by atoms with Gasteiger partial charge in [-0.05, 0) is 59.7 Å². The highest BCUT2D eigenvalue weighted by Crippen LogP contribution is 2.36. The lowest BCUT2D eigenvalue weighted by molar-refractivity contribution is -0.253. The highest BCUT2D eigenvalue weighted by molar-refractivity contribution is 6.30. The first-order chi connectivity index (χ1) is 20.0. The lowest BCUT2D eigenvalue weighted by Gasteiger charge is -2.35. The summed E-state index contributed by atoms with van der Waals surface area (Å²) in [6, 6.07) is 22.5. The number of methoxy groups -OCH3 is 1. The van der Waals surface area contributed by atoms with Crippen molar-refractivity contribution >= 4 is 23.7 Å². The second-order valence-corrected chi connectivity index (χ2v) is 9.39. The number of rotatable bonds is 10. The van der Waals surface area contributed by atoms with Crippen LogP contribution in [0, 0.1) is 0 Å². The van der Waals surface area contributed by atoms with Crippen molar-refractivity contribution in [2.24, 2.45) is 0 Å². The van der Waals surface area contributed by atoms with Crippen LogP contribution in [0.5, 0.6) is 11.5 Å². The number of halogens is 5. The molecule has 0 aliphatic carbocycles. The third-order valence-corrected chi connectivity index (χ3v) is 6.34. The van der Waals surface area contributed by atoms with Gasteiger partial charge in [-0.15, -0.1) is 0 Å². The Labute approximate surface area is 243 Å². The molecule has 42 heavy (non-hydrogen) atoms. The molecule has 0 aliphatic heterocycles. The zero-order valence-corrected chi connectivity index (χ0v) is 22.7. The summed E-state index contributed by atoms with van der Waals surface area (Å²) in [6.45, 7) is 0. The maximum atomic E-state index is 13.8. The number of nitrogens with zero attached hydrogens (tertiary/aromatic N) is 1. The SMILES string of the molecule is COC(=O)c1ccc(OC(=O)N[C@@](Cc2ccccc2)(c2cccc(OC(F)(F)C(F)F)c2)c2ccc(Cl)cn2)cc1. The smallest absolute Gasteiger partial charge is 0.461 e. The van der Waals surface area contributed by atoms with E-state index in [9.17, 15) is 27.2 Å². The zero-order chi connectivity index (χ0) is 30.3. The van der Waals surface area contributed by atoms with Crippen molar-refractivity contribution in [3.05, 3.63) is 125 Å². The van der Waals surface area contributed by atoms with Crippen molar-refractivity contribution in [2.45, 2.75) is 24.5 Å². The maximum absolute atomic E-state index is 13.8. The summed E-state index contributed by atoms with van der Waals surface area (Å²) in [5.41, 5.74) is -0.282. The van der Waals surface area contributed by atoms with Crippen molar-refractivity contribution in [1.29, 1.82) is 0 Å². The second-order valence-electron chi connectivity index (χ2n) is 8.95. The van der Waals surface area contributed by atoms with E-state index >= 15 is 0 Å². The van der Waals surface area contributed by atoms with Crippen molar-refractivity contribution in [3.63, 3.8) is 0 Å². The molecule has 0 saturated heterocycles. The fraction of sp³-hybridized carbons (Fsp3) is 0.167. The fourth-order valence-corrected chi connectivity index (χ4v) is 4.27. The minimum absolute atomic E-state index is 0.0214. The minimum atomic E-state index is -4.76. The first-order valence-corrected chi connectivity index (χ1v) is 12.7. The number of alkyl halides is 4. The molecular formula is C30H23ClF4N2O5. The van der Waals surface area contributed by atoms with Crippen molar-refractivity contribution in [1.82, 2.24) is 10.3 Å². The highest BCUT2D eigenvalue weighted by atomic mass is 35.5. The first-order valence-electron chi connectivity index (χ1n) is 12.3. The summed E-state index contributed by atoms with van der Waals surface area (Å²) in [6.07, 6.45) is -8.46. The molecule has 0 unspecified atom stereocenters. The first kappa shape index (κ1) is 30.3. The average molecular weight is 603 g/mol. The van der Waals surface area contributed by atoms with Crippen LogP contribution in [0.3, 0.4) is 0 Å². The molecule has 0 aliphatic rings. The van der Waals surface area contributed by atoms with Gasteiger partial charge < -0.3 is 19.5 Å². The van der Waals surface area contributed by atoms with Crippen LogP contribution in [0.15, 0.2) is 97.2 Å². The van der Waals surface area contributed by atoms with Crippen molar-refractivity contribution in [2.75, 3.05) is 7.11 Å². The number of carbonyl (C=O) groups is 2. The standard InChI is InChI=1S/C30H23ClF4N2O5/c1-40-26(38)20-10-13-23(14-11-20)41-28(39)37-29(17-19-6-3-2-4-7-19,25-15-12-22(31)18-36-25)21-8-5-9-24(16-21)42-30(34,35)27(32)33/h2-16,18,27H,17H2,1H3,(H,37,39)/t29-/m0/s1. The molecule has 3 aromatic carbocycles. The molecule has 12 heteroatoms. The molecule has 7 nitrogen and oxygen atoms in total. The Morgan fingerprint density at radius 1 is 0.929 bits per heavy atom. The number of carbonyl (C=O) groups excluding carboxylic acids is 2. The van der Waals surface area contributed by atoms with Crippen LogP contribution in [0.4, 0.5) is 22.4 Å². The van der Waals surface area contributed by atoms with Gasteiger partial charge in [-0.25, -0.2) is 9.59 Å². The molecular weight excluding hydrogens is 580 g/mol. The summed E-state index contributed by atoms with van der Waals surface area (Å²) in [4.78, 5) is 29.5. The van der Waals surface area contributed by atoms with Gasteiger partial charge in [-0.2, -0.15) is 17.6 Å². The average Bonchev–Trinajstić information content (AvgIpc) is 2.97. The molecule has 0 fully saturated rings. The summed E-state index contributed by atoms with van der Waals surface area (Å²) >= 11 is 6.07. The lowest BCUT2D eigenvalue weighted by Crippen LogP contribution is -2.50. The van der Waals surface area contributed by atoms with E-state index in [-0.39, 0.29) is 34.0 Å². The fourth-order valence-electron chi connectivity index (χ4n) is 4.16. The summed E-state index contributed by atoms with van der Waals surface area (Å²) in [7, 11) is 1.23. The Hall–Kier alpha value is -4.64. The molecule has 0 bridgehead atoms. The number of nitrogens with one attached hydrogen (secondary N) is 1. The number of amides is 1. The normalized spacial score (nSPS) is 12.7. The Balaban J connectivity index is 1.79. The Bertz CT molecular complexity index is 1520. The van der Waals surface area contributed by atoms with Crippen molar-refractivity contribution < 1.29 is 41.4 Å². The van der Waals surface area contributed by atoms with Crippen LogP contribution in [0.1, 0.15) is 27.2 Å². The third-order valence-electron chi connectivity index (χ3n) is 6.11. The molecule has 0 saturated carbocycles. The van der Waals surface area contributed by atoms with E-state index in [1.54, 1.807) is 30.3 Å². The zero-order valence-electron chi connectivity index (χ0n) is 21.9. The van der Waals surface area contributed by atoms with Crippen LogP contribution in [-0.2, 0) is 16.7 Å². The van der Waals surface area contributed by atoms with Gasteiger partial charge >= 0.3 is 24.6 Å². The molecule has 1 aromatic heterocycles. The molecule has 218 valence electrons. The van der Waals surface area contributed by atoms with E-state index in [2.05, 4.69) is 19.8 Å². The summed E-state index contributed by atoms with van der Waals surface area (Å²) in [5, 5.41) is 3.08.